The number of hydrogen-bond donors (Lipinski definition) is 0. The molecule has 0 atom stereocenters. The molecule has 4 heteroatoms. The van der Waals surface area contributed by atoms with Crippen molar-refractivity contribution in [3.05, 3.63) is 11.6 Å². The van der Waals surface area contributed by atoms with E-state index < -0.39 is 17.2 Å². The Morgan fingerprint density at radius 2 is 2.00 bits per heavy atom. The van der Waals surface area contributed by atoms with Crippen molar-refractivity contribution in [2.75, 3.05) is 0 Å². The van der Waals surface area contributed by atoms with E-state index in [0.717, 1.165) is 0 Å². The largest absolute Gasteiger partial charge is 0.455 e. The summed E-state index contributed by atoms with van der Waals surface area (Å²) in [4.78, 5) is 22.1. The normalized spacial score (nSPS) is 19.5. The minimum atomic E-state index is -0.818. The van der Waals surface area contributed by atoms with E-state index in [1.807, 2.05) is 0 Å². The predicted molar refractivity (Wildman–Crippen MR) is 54.1 cm³/mol. The molecule has 0 aromatic rings. The zero-order valence-corrected chi connectivity index (χ0v) is 9.71. The van der Waals surface area contributed by atoms with Gasteiger partial charge in [0.25, 0.3) is 0 Å². The molecule has 1 heterocycles. The van der Waals surface area contributed by atoms with Crippen molar-refractivity contribution in [1.82, 2.24) is 0 Å². The van der Waals surface area contributed by atoms with Gasteiger partial charge < -0.3 is 9.47 Å². The number of rotatable bonds is 2. The molecule has 15 heavy (non-hydrogen) atoms. The molecule has 0 unspecified atom stereocenters. The first-order chi connectivity index (χ1) is 6.65. The maximum atomic E-state index is 11.2. The van der Waals surface area contributed by atoms with E-state index >= 15 is 0 Å². The monoisotopic (exact) mass is 212 g/mol. The van der Waals surface area contributed by atoms with Gasteiger partial charge in [0, 0.05) is 18.6 Å². The van der Waals surface area contributed by atoms with Crippen LogP contribution in [0.4, 0.5) is 0 Å². The van der Waals surface area contributed by atoms with Crippen molar-refractivity contribution in [3.63, 3.8) is 0 Å². The third kappa shape index (κ3) is 2.37. The van der Waals surface area contributed by atoms with E-state index in [4.69, 9.17) is 9.47 Å². The van der Waals surface area contributed by atoms with Gasteiger partial charge in [0.05, 0.1) is 0 Å². The molecule has 0 bridgehead atoms. The van der Waals surface area contributed by atoms with Crippen LogP contribution >= 0.6 is 0 Å². The average Bonchev–Trinajstić information content (AvgIpc) is 2.21. The summed E-state index contributed by atoms with van der Waals surface area (Å²) in [6.07, 6.45) is 1.39. The van der Waals surface area contributed by atoms with E-state index in [9.17, 15) is 9.59 Å². The number of hydrogen-bond acceptors (Lipinski definition) is 4. The van der Waals surface area contributed by atoms with Gasteiger partial charge in [-0.05, 0) is 27.7 Å². The summed E-state index contributed by atoms with van der Waals surface area (Å²) < 4.78 is 10.3. The quantitative estimate of drug-likeness (QED) is 0.652. The fourth-order valence-corrected chi connectivity index (χ4v) is 1.94. The van der Waals surface area contributed by atoms with Gasteiger partial charge in [-0.25, -0.2) is 4.79 Å². The SMILES string of the molecule is CC(=O)OC(C)(C)C1=CC(=O)OC1(C)C. The number of cyclic esters (lactones) is 1. The van der Waals surface area contributed by atoms with Gasteiger partial charge in [-0.3, -0.25) is 4.79 Å². The molecule has 84 valence electrons. The molecule has 1 rings (SSSR count). The van der Waals surface area contributed by atoms with E-state index in [1.54, 1.807) is 27.7 Å². The molecule has 0 saturated carbocycles. The highest BCUT2D eigenvalue weighted by molar-refractivity contribution is 5.87. The van der Waals surface area contributed by atoms with Crippen LogP contribution in [0.5, 0.6) is 0 Å². The standard InChI is InChI=1S/C11H16O4/c1-7(12)14-10(2,3)8-6-9(13)15-11(8,4)5/h6H,1-5H3. The zero-order valence-electron chi connectivity index (χ0n) is 9.71. The number of esters is 2. The van der Waals surface area contributed by atoms with Gasteiger partial charge in [-0.2, -0.15) is 0 Å². The molecule has 0 N–H and O–H groups in total. The maximum Gasteiger partial charge on any atom is 0.331 e. The Morgan fingerprint density at radius 3 is 2.33 bits per heavy atom. The Bertz CT molecular complexity index is 336. The van der Waals surface area contributed by atoms with Crippen molar-refractivity contribution >= 4 is 11.9 Å². The zero-order chi connectivity index (χ0) is 11.9. The van der Waals surface area contributed by atoms with Crippen LogP contribution in [0.15, 0.2) is 11.6 Å². The van der Waals surface area contributed by atoms with Crippen LogP contribution in [0.2, 0.25) is 0 Å². The predicted octanol–water partition coefficient (Wildman–Crippen LogP) is 1.59. The van der Waals surface area contributed by atoms with E-state index in [0.29, 0.717) is 5.57 Å². The van der Waals surface area contributed by atoms with Gasteiger partial charge >= 0.3 is 11.9 Å². The summed E-state index contributed by atoms with van der Waals surface area (Å²) in [5, 5.41) is 0. The van der Waals surface area contributed by atoms with E-state index in [2.05, 4.69) is 0 Å². The third-order valence-electron chi connectivity index (χ3n) is 2.31. The lowest BCUT2D eigenvalue weighted by molar-refractivity contribution is -0.152. The minimum Gasteiger partial charge on any atom is -0.455 e. The maximum absolute atomic E-state index is 11.2. The fourth-order valence-electron chi connectivity index (χ4n) is 1.94. The second-order valence-corrected chi connectivity index (χ2v) is 4.59. The smallest absolute Gasteiger partial charge is 0.331 e. The van der Waals surface area contributed by atoms with Gasteiger partial charge in [0.2, 0.25) is 0 Å². The van der Waals surface area contributed by atoms with Crippen molar-refractivity contribution in [2.24, 2.45) is 0 Å². The molecule has 0 aromatic carbocycles. The van der Waals surface area contributed by atoms with Crippen LogP contribution in [0.3, 0.4) is 0 Å². The minimum absolute atomic E-state index is 0.379. The lowest BCUT2D eigenvalue weighted by Gasteiger charge is -2.33. The molecule has 0 saturated heterocycles. The fraction of sp³-hybridized carbons (Fsp3) is 0.636. The highest BCUT2D eigenvalue weighted by Gasteiger charge is 2.44. The van der Waals surface area contributed by atoms with Crippen molar-refractivity contribution in [2.45, 2.75) is 45.8 Å². The Labute approximate surface area is 89.2 Å². The number of carbonyl (C=O) groups is 2. The summed E-state index contributed by atoms with van der Waals surface area (Å²) >= 11 is 0. The second-order valence-electron chi connectivity index (χ2n) is 4.59. The molecule has 4 nitrogen and oxygen atoms in total. The van der Waals surface area contributed by atoms with Crippen LogP contribution in [-0.2, 0) is 19.1 Å². The van der Waals surface area contributed by atoms with E-state index in [-0.39, 0.29) is 5.97 Å². The van der Waals surface area contributed by atoms with Crippen molar-refractivity contribution in [1.29, 1.82) is 0 Å². The summed E-state index contributed by atoms with van der Waals surface area (Å²) in [7, 11) is 0. The summed E-state index contributed by atoms with van der Waals surface area (Å²) in [5.74, 6) is -0.772. The topological polar surface area (TPSA) is 52.6 Å². The average molecular weight is 212 g/mol. The first kappa shape index (κ1) is 11.8. The Morgan fingerprint density at radius 1 is 1.47 bits per heavy atom. The lowest BCUT2D eigenvalue weighted by Crippen LogP contribution is -2.39. The Kier molecular flexibility index (Phi) is 2.63. The van der Waals surface area contributed by atoms with Crippen LogP contribution < -0.4 is 0 Å². The van der Waals surface area contributed by atoms with Crippen LogP contribution in [-0.4, -0.2) is 23.1 Å². The first-order valence-electron chi connectivity index (χ1n) is 4.80. The lowest BCUT2D eigenvalue weighted by atomic mass is 9.86. The first-order valence-corrected chi connectivity index (χ1v) is 4.80. The summed E-state index contributed by atoms with van der Waals surface area (Å²) in [6, 6.07) is 0. The Balaban J connectivity index is 3.01. The highest BCUT2D eigenvalue weighted by Crippen LogP contribution is 2.37. The van der Waals surface area contributed by atoms with Gasteiger partial charge in [0.1, 0.15) is 11.2 Å². The molecule has 0 aromatic heterocycles. The second kappa shape index (κ2) is 3.36. The van der Waals surface area contributed by atoms with Gasteiger partial charge in [-0.1, -0.05) is 0 Å². The van der Waals surface area contributed by atoms with Crippen LogP contribution in [0, 0.1) is 0 Å². The van der Waals surface area contributed by atoms with E-state index in [1.165, 1.54) is 13.0 Å². The van der Waals surface area contributed by atoms with Crippen molar-refractivity contribution < 1.29 is 19.1 Å². The highest BCUT2D eigenvalue weighted by atomic mass is 16.6. The molecule has 0 spiro atoms. The molecule has 0 aliphatic carbocycles. The molecule has 0 radical (unpaired) electrons. The molecule has 1 aliphatic rings. The third-order valence-corrected chi connectivity index (χ3v) is 2.31. The summed E-state index contributed by atoms with van der Waals surface area (Å²) in [5.41, 5.74) is -0.854. The molecular weight excluding hydrogens is 196 g/mol. The van der Waals surface area contributed by atoms with Crippen LogP contribution in [0.25, 0.3) is 0 Å². The number of carbonyl (C=O) groups excluding carboxylic acids is 2. The molecule has 1 aliphatic heterocycles. The van der Waals surface area contributed by atoms with Gasteiger partial charge in [-0.15, -0.1) is 0 Å². The Hall–Kier alpha value is -1.32. The molecule has 0 fully saturated rings. The van der Waals surface area contributed by atoms with Crippen molar-refractivity contribution in [3.8, 4) is 0 Å². The van der Waals surface area contributed by atoms with Gasteiger partial charge in [0.15, 0.2) is 0 Å². The number of ether oxygens (including phenoxy) is 2. The van der Waals surface area contributed by atoms with Crippen LogP contribution in [0.1, 0.15) is 34.6 Å². The molecule has 0 amide bonds. The summed E-state index contributed by atoms with van der Waals surface area (Å²) in [6.45, 7) is 8.37. The molecular formula is C11H16O4.